The van der Waals surface area contributed by atoms with Crippen LogP contribution in [0.4, 0.5) is 38.1 Å². The monoisotopic (exact) mass is 733 g/mol. The summed E-state index contributed by atoms with van der Waals surface area (Å²) in [4.78, 5) is 22.4. The van der Waals surface area contributed by atoms with Crippen LogP contribution >= 0.6 is 0 Å². The Kier molecular flexibility index (Phi) is 10.0. The molecule has 3 N–H and O–H groups in total. The van der Waals surface area contributed by atoms with Crippen molar-refractivity contribution in [3.05, 3.63) is 71.5 Å². The van der Waals surface area contributed by atoms with E-state index in [1.807, 2.05) is 4.90 Å². The van der Waals surface area contributed by atoms with Gasteiger partial charge >= 0.3 is 18.5 Å². The third-order valence-electron chi connectivity index (χ3n) is 9.34. The molecule has 0 bridgehead atoms. The molecule has 2 aliphatic heterocycles. The lowest BCUT2D eigenvalue weighted by atomic mass is 9.76. The van der Waals surface area contributed by atoms with Crippen LogP contribution in [-0.2, 0) is 9.53 Å². The number of anilines is 2. The number of rotatable bonds is 9. The number of esters is 1. The second-order valence-electron chi connectivity index (χ2n) is 13.0. The number of aryl methyl sites for hydroxylation is 2. The van der Waals surface area contributed by atoms with Crippen LogP contribution in [-0.4, -0.2) is 70.5 Å². The summed E-state index contributed by atoms with van der Waals surface area (Å²) >= 11 is 0. The zero-order valence-electron chi connectivity index (χ0n) is 28.5. The number of carbonyl (C=O) groups excluding carboxylic acids is 1. The Bertz CT molecular complexity index is 1920. The van der Waals surface area contributed by atoms with Gasteiger partial charge in [-0.25, -0.2) is 4.68 Å². The van der Waals surface area contributed by atoms with Crippen molar-refractivity contribution in [1.82, 2.24) is 25.1 Å². The van der Waals surface area contributed by atoms with E-state index >= 15 is 0 Å². The molecule has 17 heteroatoms. The van der Waals surface area contributed by atoms with Crippen LogP contribution in [0, 0.1) is 19.3 Å². The van der Waals surface area contributed by atoms with E-state index in [9.17, 15) is 31.1 Å². The quantitative estimate of drug-likeness (QED) is 0.143. The van der Waals surface area contributed by atoms with Crippen LogP contribution in [0.25, 0.3) is 16.8 Å². The average molecular weight is 734 g/mol. The first-order chi connectivity index (χ1) is 24.5. The lowest BCUT2D eigenvalue weighted by molar-refractivity contribution is -0.274. The number of nitrogens with one attached hydrogen (secondary N) is 1. The summed E-state index contributed by atoms with van der Waals surface area (Å²) in [5, 5.41) is 7.58. The molecule has 2 aromatic carbocycles. The maximum Gasteiger partial charge on any atom is 0.573 e. The second-order valence-corrected chi connectivity index (χ2v) is 13.0. The van der Waals surface area contributed by atoms with Crippen molar-refractivity contribution in [2.24, 2.45) is 5.41 Å². The van der Waals surface area contributed by atoms with E-state index in [1.54, 1.807) is 19.9 Å². The molecule has 2 atom stereocenters. The number of nitrogens with zero attached hydrogens (tertiary/aromatic N) is 5. The van der Waals surface area contributed by atoms with Crippen LogP contribution in [0.3, 0.4) is 0 Å². The van der Waals surface area contributed by atoms with Gasteiger partial charge in [0, 0.05) is 37.5 Å². The topological polar surface area (TPSA) is 130 Å². The van der Waals surface area contributed by atoms with Crippen LogP contribution < -0.4 is 25.4 Å². The fourth-order valence-electron chi connectivity index (χ4n) is 6.76. The molecule has 278 valence electrons. The van der Waals surface area contributed by atoms with E-state index in [2.05, 4.69) is 25.1 Å². The Hall–Kier alpha value is -5.06. The van der Waals surface area contributed by atoms with Crippen molar-refractivity contribution in [3.63, 3.8) is 0 Å². The predicted octanol–water partition coefficient (Wildman–Crippen LogP) is 6.62. The number of nitrogen functional groups attached to an aromatic ring is 1. The third kappa shape index (κ3) is 8.19. The SMILES string of the molecule is CCOC(=O)[C@@H]1CC2(CCN(c3cc(O[C@H](c4ccc(-c5ccc(OC(F)(F)F)c(C)c5)cc4-n4ccc(C)n4)C(F)(F)F)nc(N)n3)CC2)CN1. The minimum absolute atomic E-state index is 0.0241. The number of benzene rings is 2. The minimum Gasteiger partial charge on any atom is -0.465 e. The number of carbonyl (C=O) groups is 1. The molecule has 2 saturated heterocycles. The van der Waals surface area contributed by atoms with E-state index in [0.717, 1.165) is 6.07 Å². The highest BCUT2D eigenvalue weighted by Crippen LogP contribution is 2.43. The average Bonchev–Trinajstić information content (AvgIpc) is 3.70. The van der Waals surface area contributed by atoms with Gasteiger partial charge in [0.1, 0.15) is 17.6 Å². The molecule has 0 radical (unpaired) electrons. The lowest BCUT2D eigenvalue weighted by Gasteiger charge is -2.39. The number of alkyl halides is 6. The number of ether oxygens (including phenoxy) is 3. The largest absolute Gasteiger partial charge is 0.573 e. The molecule has 2 aliphatic rings. The first-order valence-corrected chi connectivity index (χ1v) is 16.6. The number of halogens is 6. The summed E-state index contributed by atoms with van der Waals surface area (Å²) in [7, 11) is 0. The summed E-state index contributed by atoms with van der Waals surface area (Å²) in [5.74, 6) is -1.04. The van der Waals surface area contributed by atoms with Gasteiger partial charge in [0.05, 0.1) is 18.0 Å². The van der Waals surface area contributed by atoms with Gasteiger partial charge in [-0.05, 0) is 86.4 Å². The number of hydrogen-bond acceptors (Lipinski definition) is 10. The maximum absolute atomic E-state index is 14.9. The Morgan fingerprint density at radius 2 is 1.73 bits per heavy atom. The zero-order valence-corrected chi connectivity index (χ0v) is 28.5. The van der Waals surface area contributed by atoms with Gasteiger partial charge in [-0.2, -0.15) is 28.2 Å². The van der Waals surface area contributed by atoms with Gasteiger partial charge in [-0.15, -0.1) is 13.2 Å². The van der Waals surface area contributed by atoms with Gasteiger partial charge in [-0.3, -0.25) is 4.79 Å². The Morgan fingerprint density at radius 1 is 1.02 bits per heavy atom. The normalized spacial score (nSPS) is 18.0. The first kappa shape index (κ1) is 36.7. The molecule has 6 rings (SSSR count). The van der Waals surface area contributed by atoms with Crippen molar-refractivity contribution in [3.8, 4) is 28.4 Å². The van der Waals surface area contributed by atoms with Gasteiger partial charge in [0.15, 0.2) is 0 Å². The van der Waals surface area contributed by atoms with Crippen molar-refractivity contribution < 1.29 is 45.3 Å². The fourth-order valence-corrected chi connectivity index (χ4v) is 6.76. The van der Waals surface area contributed by atoms with Gasteiger partial charge < -0.3 is 30.2 Å². The van der Waals surface area contributed by atoms with E-state index in [1.165, 1.54) is 54.2 Å². The zero-order chi connectivity index (χ0) is 37.4. The molecule has 0 saturated carbocycles. The summed E-state index contributed by atoms with van der Waals surface area (Å²) in [5.41, 5.74) is 7.16. The molecule has 0 unspecified atom stereocenters. The molecule has 4 heterocycles. The van der Waals surface area contributed by atoms with Gasteiger partial charge in [-0.1, -0.05) is 18.2 Å². The Morgan fingerprint density at radius 3 is 2.37 bits per heavy atom. The van der Waals surface area contributed by atoms with Crippen molar-refractivity contribution in [2.45, 2.75) is 64.7 Å². The summed E-state index contributed by atoms with van der Waals surface area (Å²) in [6.07, 6.45) is -8.82. The van der Waals surface area contributed by atoms with Crippen LogP contribution in [0.1, 0.15) is 49.1 Å². The number of piperidine rings is 1. The Labute approximate surface area is 295 Å². The highest BCUT2D eigenvalue weighted by Gasteiger charge is 2.46. The van der Waals surface area contributed by atoms with Crippen molar-refractivity contribution in [1.29, 1.82) is 0 Å². The molecule has 4 aromatic rings. The standard InChI is InChI=1S/C35H37F6N7O4/c1-4-50-31(49)25-18-33(19-43-25)10-13-47(14-11-33)28-17-29(45-32(42)44-28)51-30(34(36,37)38)24-7-5-23(16-26(24)48-12-9-21(3)46-48)22-6-8-27(20(2)15-22)52-35(39,40)41/h5-9,12,15-17,25,30,43H,4,10-11,13-14,18-19H2,1-3H3,(H2,42,44,45)/t25-,30+/m0/s1. The Balaban J connectivity index is 1.28. The molecule has 1 spiro atoms. The van der Waals surface area contributed by atoms with Crippen LogP contribution in [0.15, 0.2) is 54.7 Å². The molecule has 0 amide bonds. The van der Waals surface area contributed by atoms with Crippen molar-refractivity contribution in [2.75, 3.05) is 36.9 Å². The van der Waals surface area contributed by atoms with E-state index in [0.29, 0.717) is 68.1 Å². The molecule has 11 nitrogen and oxygen atoms in total. The molecule has 2 fully saturated rings. The molecule has 0 aliphatic carbocycles. The second kappa shape index (κ2) is 14.2. The minimum atomic E-state index is -4.94. The first-order valence-electron chi connectivity index (χ1n) is 16.6. The van der Waals surface area contributed by atoms with Crippen LogP contribution in [0.5, 0.6) is 11.6 Å². The molecular formula is C35H37F6N7O4. The van der Waals surface area contributed by atoms with Gasteiger partial charge in [0.25, 0.3) is 0 Å². The smallest absolute Gasteiger partial charge is 0.465 e. The van der Waals surface area contributed by atoms with Gasteiger partial charge in [0.2, 0.25) is 17.9 Å². The molecular weight excluding hydrogens is 696 g/mol. The van der Waals surface area contributed by atoms with Crippen molar-refractivity contribution >= 4 is 17.7 Å². The number of hydrogen-bond donors (Lipinski definition) is 2. The van der Waals surface area contributed by atoms with E-state index < -0.39 is 30.3 Å². The molecule has 2 aromatic heterocycles. The molecule has 52 heavy (non-hydrogen) atoms. The van der Waals surface area contributed by atoms with E-state index in [-0.39, 0.29) is 40.2 Å². The lowest BCUT2D eigenvalue weighted by Crippen LogP contribution is -2.41. The third-order valence-corrected chi connectivity index (χ3v) is 9.34. The maximum atomic E-state index is 14.9. The fraction of sp³-hybridized carbons (Fsp3) is 0.429. The van der Waals surface area contributed by atoms with Crippen LogP contribution in [0.2, 0.25) is 0 Å². The number of aromatic nitrogens is 4. The predicted molar refractivity (Wildman–Crippen MR) is 178 cm³/mol. The van der Waals surface area contributed by atoms with E-state index in [4.69, 9.17) is 15.2 Å². The summed E-state index contributed by atoms with van der Waals surface area (Å²) < 4.78 is 99.4. The summed E-state index contributed by atoms with van der Waals surface area (Å²) in [6.45, 7) is 6.84. The highest BCUT2D eigenvalue weighted by molar-refractivity contribution is 5.76. The summed E-state index contributed by atoms with van der Waals surface area (Å²) in [6, 6.07) is 10.6. The number of nitrogens with two attached hydrogens (primary N) is 1. The highest BCUT2D eigenvalue weighted by atomic mass is 19.4.